The van der Waals surface area contributed by atoms with Gasteiger partial charge in [-0.1, -0.05) is 6.92 Å². The van der Waals surface area contributed by atoms with Crippen molar-refractivity contribution >= 4 is 11.5 Å². The molecule has 5 nitrogen and oxygen atoms in total. The molecule has 0 aliphatic carbocycles. The van der Waals surface area contributed by atoms with Crippen LogP contribution in [0.1, 0.15) is 19.0 Å². The number of hydrogen-bond donors (Lipinski definition) is 1. The molecule has 16 heavy (non-hydrogen) atoms. The molecule has 1 aromatic rings. The number of aromatic nitrogens is 2. The fourth-order valence-corrected chi connectivity index (χ4v) is 2.06. The average Bonchev–Trinajstić information content (AvgIpc) is 2.57. The van der Waals surface area contributed by atoms with Crippen LogP contribution in [0.25, 0.3) is 0 Å². The zero-order valence-corrected chi connectivity index (χ0v) is 10.1. The Balaban J connectivity index is 2.28. The van der Waals surface area contributed by atoms with Gasteiger partial charge in [-0.15, -0.1) is 0 Å². The summed E-state index contributed by atoms with van der Waals surface area (Å²) in [6.45, 7) is 8.39. The predicted molar refractivity (Wildman–Crippen MR) is 64.7 cm³/mol. The Morgan fingerprint density at radius 3 is 2.69 bits per heavy atom. The monoisotopic (exact) mass is 224 g/mol. The van der Waals surface area contributed by atoms with Gasteiger partial charge in [-0.25, -0.2) is 4.68 Å². The van der Waals surface area contributed by atoms with Crippen molar-refractivity contribution in [3.8, 4) is 0 Å². The van der Waals surface area contributed by atoms with Crippen LogP contribution in [0.15, 0.2) is 0 Å². The third-order valence-corrected chi connectivity index (χ3v) is 2.89. The predicted octanol–water partition coefficient (Wildman–Crippen LogP) is 1.02. The van der Waals surface area contributed by atoms with E-state index in [0.29, 0.717) is 0 Å². The molecule has 2 rings (SSSR count). The maximum Gasteiger partial charge on any atom is 0.150 e. The van der Waals surface area contributed by atoms with Gasteiger partial charge in [-0.2, -0.15) is 5.10 Å². The number of hydrogen-bond acceptors (Lipinski definition) is 4. The molecule has 0 unspecified atom stereocenters. The van der Waals surface area contributed by atoms with Crippen LogP contribution in [0.3, 0.4) is 0 Å². The number of rotatable bonds is 3. The number of nitrogens with zero attached hydrogens (tertiary/aromatic N) is 3. The summed E-state index contributed by atoms with van der Waals surface area (Å²) in [6.07, 6.45) is 1.07. The minimum Gasteiger partial charge on any atom is -0.394 e. The molecule has 1 aromatic heterocycles. The number of nitrogens with two attached hydrogens (primary N) is 1. The van der Waals surface area contributed by atoms with Crippen LogP contribution >= 0.6 is 0 Å². The maximum absolute atomic E-state index is 6.10. The van der Waals surface area contributed by atoms with Crippen molar-refractivity contribution in [3.05, 3.63) is 5.69 Å². The first-order chi connectivity index (χ1) is 7.74. The average molecular weight is 224 g/mol. The highest BCUT2D eigenvalue weighted by Crippen LogP contribution is 2.27. The van der Waals surface area contributed by atoms with Crippen molar-refractivity contribution in [2.24, 2.45) is 0 Å². The van der Waals surface area contributed by atoms with Gasteiger partial charge >= 0.3 is 0 Å². The van der Waals surface area contributed by atoms with Gasteiger partial charge in [-0.05, 0) is 13.3 Å². The first kappa shape index (κ1) is 11.3. The Bertz CT molecular complexity index is 355. The van der Waals surface area contributed by atoms with Gasteiger partial charge < -0.3 is 15.4 Å². The van der Waals surface area contributed by atoms with Gasteiger partial charge in [0.05, 0.1) is 24.6 Å². The molecule has 1 aliphatic rings. The highest BCUT2D eigenvalue weighted by molar-refractivity contribution is 5.66. The van der Waals surface area contributed by atoms with Crippen molar-refractivity contribution in [1.29, 1.82) is 0 Å². The second-order valence-corrected chi connectivity index (χ2v) is 4.15. The summed E-state index contributed by atoms with van der Waals surface area (Å²) in [6, 6.07) is 0. The van der Waals surface area contributed by atoms with Crippen LogP contribution < -0.4 is 10.6 Å². The third-order valence-electron chi connectivity index (χ3n) is 2.89. The standard InChI is InChI=1S/C11H20N4O/c1-3-4-15-11(10(12)9(2)13-15)14-5-7-16-8-6-14/h3-8,12H2,1-2H3. The molecule has 1 fully saturated rings. The lowest BCUT2D eigenvalue weighted by Crippen LogP contribution is -2.38. The second-order valence-electron chi connectivity index (χ2n) is 4.15. The van der Waals surface area contributed by atoms with E-state index in [1.807, 2.05) is 11.6 Å². The van der Waals surface area contributed by atoms with Gasteiger partial charge in [0.2, 0.25) is 0 Å². The van der Waals surface area contributed by atoms with Crippen LogP contribution in [0.5, 0.6) is 0 Å². The topological polar surface area (TPSA) is 56.3 Å². The van der Waals surface area contributed by atoms with Gasteiger partial charge in [0.25, 0.3) is 0 Å². The summed E-state index contributed by atoms with van der Waals surface area (Å²) < 4.78 is 7.38. The Morgan fingerprint density at radius 2 is 2.06 bits per heavy atom. The van der Waals surface area contributed by atoms with Gasteiger partial charge in [0.15, 0.2) is 5.82 Å². The van der Waals surface area contributed by atoms with Crippen LogP contribution in [-0.4, -0.2) is 36.1 Å². The minimum atomic E-state index is 0.774. The highest BCUT2D eigenvalue weighted by atomic mass is 16.5. The number of ether oxygens (including phenoxy) is 1. The molecule has 0 amide bonds. The molecule has 1 saturated heterocycles. The number of aryl methyl sites for hydroxylation is 2. The SMILES string of the molecule is CCCn1nc(C)c(N)c1N1CCOCC1. The molecule has 0 atom stereocenters. The molecule has 0 saturated carbocycles. The molecule has 2 heterocycles. The van der Waals surface area contributed by atoms with Crippen LogP contribution in [-0.2, 0) is 11.3 Å². The Hall–Kier alpha value is -1.23. The third kappa shape index (κ3) is 2.00. The highest BCUT2D eigenvalue weighted by Gasteiger charge is 2.20. The van der Waals surface area contributed by atoms with E-state index in [1.54, 1.807) is 0 Å². The zero-order chi connectivity index (χ0) is 11.5. The fourth-order valence-electron chi connectivity index (χ4n) is 2.06. The van der Waals surface area contributed by atoms with Gasteiger partial charge in [-0.3, -0.25) is 0 Å². The summed E-state index contributed by atoms with van der Waals surface area (Å²) in [7, 11) is 0. The molecule has 90 valence electrons. The zero-order valence-electron chi connectivity index (χ0n) is 10.1. The maximum atomic E-state index is 6.10. The normalized spacial score (nSPS) is 16.8. The Morgan fingerprint density at radius 1 is 1.38 bits per heavy atom. The first-order valence-corrected chi connectivity index (χ1v) is 5.89. The molecule has 0 bridgehead atoms. The summed E-state index contributed by atoms with van der Waals surface area (Å²) >= 11 is 0. The lowest BCUT2D eigenvalue weighted by atomic mass is 10.3. The van der Waals surface area contributed by atoms with Crippen LogP contribution in [0.4, 0.5) is 11.5 Å². The number of morpholine rings is 1. The molecule has 5 heteroatoms. The largest absolute Gasteiger partial charge is 0.394 e. The number of anilines is 2. The van der Waals surface area contributed by atoms with E-state index in [1.165, 1.54) is 0 Å². The Labute approximate surface area is 96.2 Å². The molecule has 0 spiro atoms. The van der Waals surface area contributed by atoms with E-state index in [-0.39, 0.29) is 0 Å². The van der Waals surface area contributed by atoms with Crippen molar-refractivity contribution < 1.29 is 4.74 Å². The quantitative estimate of drug-likeness (QED) is 0.833. The molecule has 1 aliphatic heterocycles. The lowest BCUT2D eigenvalue weighted by Gasteiger charge is -2.29. The summed E-state index contributed by atoms with van der Waals surface area (Å²) in [5.41, 5.74) is 7.84. The van der Waals surface area contributed by atoms with Crippen molar-refractivity contribution in [1.82, 2.24) is 9.78 Å². The van der Waals surface area contributed by atoms with E-state index in [0.717, 1.165) is 56.5 Å². The molecule has 0 aromatic carbocycles. The molecular formula is C11H20N4O. The lowest BCUT2D eigenvalue weighted by molar-refractivity contribution is 0.122. The van der Waals surface area contributed by atoms with Crippen LogP contribution in [0.2, 0.25) is 0 Å². The minimum absolute atomic E-state index is 0.774. The molecule has 0 radical (unpaired) electrons. The fraction of sp³-hybridized carbons (Fsp3) is 0.727. The number of nitrogen functional groups attached to an aromatic ring is 1. The van der Waals surface area contributed by atoms with E-state index >= 15 is 0 Å². The van der Waals surface area contributed by atoms with Crippen molar-refractivity contribution in [2.45, 2.75) is 26.8 Å². The van der Waals surface area contributed by atoms with Crippen molar-refractivity contribution in [3.63, 3.8) is 0 Å². The molecule has 2 N–H and O–H groups in total. The molecular weight excluding hydrogens is 204 g/mol. The van der Waals surface area contributed by atoms with Crippen molar-refractivity contribution in [2.75, 3.05) is 36.9 Å². The van der Waals surface area contributed by atoms with Gasteiger partial charge in [0.1, 0.15) is 0 Å². The summed E-state index contributed by atoms with van der Waals surface area (Å²) in [5.74, 6) is 1.07. The first-order valence-electron chi connectivity index (χ1n) is 5.89. The second kappa shape index (κ2) is 4.74. The summed E-state index contributed by atoms with van der Waals surface area (Å²) in [5, 5.41) is 4.48. The van der Waals surface area contributed by atoms with E-state index in [2.05, 4.69) is 16.9 Å². The van der Waals surface area contributed by atoms with E-state index in [4.69, 9.17) is 10.5 Å². The van der Waals surface area contributed by atoms with Gasteiger partial charge in [0, 0.05) is 19.6 Å². The van der Waals surface area contributed by atoms with E-state index < -0.39 is 0 Å². The van der Waals surface area contributed by atoms with Crippen LogP contribution in [0, 0.1) is 6.92 Å². The Kier molecular flexibility index (Phi) is 3.33. The summed E-state index contributed by atoms with van der Waals surface area (Å²) in [4.78, 5) is 2.27. The smallest absolute Gasteiger partial charge is 0.150 e. The van der Waals surface area contributed by atoms with E-state index in [9.17, 15) is 0 Å².